The van der Waals surface area contributed by atoms with Crippen LogP contribution in [0.1, 0.15) is 11.1 Å². The van der Waals surface area contributed by atoms with Crippen LogP contribution in [0.15, 0.2) is 72.8 Å². The summed E-state index contributed by atoms with van der Waals surface area (Å²) in [6, 6.07) is 24.4. The molecule has 4 rings (SSSR count). The average molecular weight is 465 g/mol. The molecule has 6 nitrogen and oxygen atoms in total. The molecule has 0 saturated carbocycles. The third-order valence-corrected chi connectivity index (χ3v) is 5.20. The highest BCUT2D eigenvalue weighted by atomic mass is 35.5. The molecule has 0 fully saturated rings. The Hall–Kier alpha value is -3.35. The normalized spacial score (nSPS) is 10.7. The summed E-state index contributed by atoms with van der Waals surface area (Å²) in [5.41, 5.74) is 4.36. The largest absolute Gasteiger partial charge is 0.497 e. The molecule has 1 aromatic heterocycles. The van der Waals surface area contributed by atoms with E-state index in [-0.39, 0.29) is 12.4 Å². The van der Waals surface area contributed by atoms with Crippen LogP contribution in [0.3, 0.4) is 0 Å². The van der Waals surface area contributed by atoms with Crippen molar-refractivity contribution in [2.24, 2.45) is 0 Å². The van der Waals surface area contributed by atoms with Gasteiger partial charge in [0.2, 0.25) is 0 Å². The van der Waals surface area contributed by atoms with Crippen molar-refractivity contribution in [3.63, 3.8) is 0 Å². The Bertz CT molecular complexity index is 1170. The fourth-order valence-electron chi connectivity index (χ4n) is 3.61. The lowest BCUT2D eigenvalue weighted by Gasteiger charge is -2.11. The third kappa shape index (κ3) is 5.92. The van der Waals surface area contributed by atoms with Gasteiger partial charge in [-0.15, -0.1) is 12.4 Å². The maximum Gasteiger partial charge on any atom is 0.181 e. The predicted octanol–water partition coefficient (Wildman–Crippen LogP) is 5.16. The maximum atomic E-state index is 5.29. The van der Waals surface area contributed by atoms with Gasteiger partial charge in [-0.2, -0.15) is 5.10 Å². The average Bonchev–Trinajstić information content (AvgIpc) is 3.23. The van der Waals surface area contributed by atoms with Gasteiger partial charge in [0.1, 0.15) is 11.5 Å². The molecule has 0 spiro atoms. The number of benzene rings is 3. The monoisotopic (exact) mass is 464 g/mol. The molecule has 4 aromatic rings. The Balaban J connectivity index is 0.00000306. The van der Waals surface area contributed by atoms with Crippen molar-refractivity contribution in [2.75, 3.05) is 28.3 Å². The number of methoxy groups -OCH3 is 2. The summed E-state index contributed by atoms with van der Waals surface area (Å²) in [7, 11) is 7.48. The van der Waals surface area contributed by atoms with E-state index < -0.39 is 0 Å². The molecule has 0 N–H and O–H groups in total. The van der Waals surface area contributed by atoms with E-state index in [2.05, 4.69) is 55.4 Å². The van der Waals surface area contributed by atoms with Gasteiger partial charge < -0.3 is 14.4 Å². The highest BCUT2D eigenvalue weighted by Gasteiger charge is 2.15. The lowest BCUT2D eigenvalue weighted by molar-refractivity contribution is 0.402. The number of aromatic nitrogens is 3. The minimum Gasteiger partial charge on any atom is -0.497 e. The molecule has 3 aromatic carbocycles. The first-order valence-electron chi connectivity index (χ1n) is 10.5. The molecule has 0 aliphatic heterocycles. The van der Waals surface area contributed by atoms with E-state index in [9.17, 15) is 0 Å². The molecule has 7 heteroatoms. The van der Waals surface area contributed by atoms with Crippen molar-refractivity contribution in [1.82, 2.24) is 19.7 Å². The molecule has 0 aliphatic rings. The van der Waals surface area contributed by atoms with Crippen LogP contribution in [0, 0.1) is 0 Å². The molecular formula is C26H29ClN4O2. The van der Waals surface area contributed by atoms with E-state index in [1.165, 1.54) is 5.56 Å². The number of hydrogen-bond donors (Lipinski definition) is 0. The number of halogens is 1. The quantitative estimate of drug-likeness (QED) is 0.360. The van der Waals surface area contributed by atoms with Crippen LogP contribution in [-0.4, -0.2) is 48.0 Å². The van der Waals surface area contributed by atoms with Gasteiger partial charge in [0.15, 0.2) is 11.6 Å². The molecule has 0 amide bonds. The van der Waals surface area contributed by atoms with Crippen LogP contribution >= 0.6 is 12.4 Å². The molecular weight excluding hydrogens is 436 g/mol. The van der Waals surface area contributed by atoms with Crippen molar-refractivity contribution >= 4 is 12.4 Å². The highest BCUT2D eigenvalue weighted by molar-refractivity contribution is 5.85. The molecule has 0 radical (unpaired) electrons. The van der Waals surface area contributed by atoms with E-state index in [4.69, 9.17) is 19.6 Å². The Morgan fingerprint density at radius 1 is 0.788 bits per heavy atom. The molecule has 33 heavy (non-hydrogen) atoms. The van der Waals surface area contributed by atoms with Crippen molar-refractivity contribution in [1.29, 1.82) is 0 Å². The number of nitrogens with zero attached hydrogens (tertiary/aromatic N) is 4. The van der Waals surface area contributed by atoms with Gasteiger partial charge in [0.25, 0.3) is 0 Å². The summed E-state index contributed by atoms with van der Waals surface area (Å²) in [4.78, 5) is 7.09. The van der Waals surface area contributed by atoms with E-state index in [1.54, 1.807) is 14.2 Å². The summed E-state index contributed by atoms with van der Waals surface area (Å²) in [5.74, 6) is 3.17. The molecule has 0 unspecified atom stereocenters. The summed E-state index contributed by atoms with van der Waals surface area (Å²) in [5, 5.41) is 4.86. The summed E-state index contributed by atoms with van der Waals surface area (Å²) < 4.78 is 12.5. The zero-order valence-corrected chi connectivity index (χ0v) is 20.2. The lowest BCUT2D eigenvalue weighted by Crippen LogP contribution is -2.10. The first-order valence-corrected chi connectivity index (χ1v) is 10.5. The van der Waals surface area contributed by atoms with Gasteiger partial charge >= 0.3 is 0 Å². The van der Waals surface area contributed by atoms with Crippen LogP contribution in [0.4, 0.5) is 0 Å². The summed E-state index contributed by atoms with van der Waals surface area (Å²) in [6.07, 6.45) is 0. The van der Waals surface area contributed by atoms with Crippen LogP contribution in [-0.2, 0) is 13.1 Å². The molecule has 172 valence electrons. The standard InChI is InChI=1S/C26H28N4O2.ClH/c1-29(2)17-20-6-5-7-22(16-20)26-27-25(21-10-14-24(32-4)15-11-21)28-30(26)18-19-8-12-23(31-3)13-9-19;/h5-16H,17-18H2,1-4H3;1H. The molecule has 0 atom stereocenters. The van der Waals surface area contributed by atoms with Crippen LogP contribution in [0.2, 0.25) is 0 Å². The molecule has 1 heterocycles. The van der Waals surface area contributed by atoms with E-state index in [1.807, 2.05) is 41.1 Å². The Morgan fingerprint density at radius 2 is 1.42 bits per heavy atom. The van der Waals surface area contributed by atoms with Crippen LogP contribution in [0.25, 0.3) is 22.8 Å². The number of ether oxygens (including phenoxy) is 2. The molecule has 0 aliphatic carbocycles. The fraction of sp³-hybridized carbons (Fsp3) is 0.231. The van der Waals surface area contributed by atoms with Gasteiger partial charge in [0, 0.05) is 17.7 Å². The highest BCUT2D eigenvalue weighted by Crippen LogP contribution is 2.26. The topological polar surface area (TPSA) is 52.4 Å². The Kier molecular flexibility index (Phi) is 8.09. The SMILES string of the molecule is COc1ccc(Cn2nc(-c3ccc(OC)cc3)nc2-c2cccc(CN(C)C)c2)cc1.Cl. The van der Waals surface area contributed by atoms with Crippen LogP contribution in [0.5, 0.6) is 11.5 Å². The second-order valence-electron chi connectivity index (χ2n) is 7.93. The van der Waals surface area contributed by atoms with E-state index >= 15 is 0 Å². The lowest BCUT2D eigenvalue weighted by atomic mass is 10.1. The van der Waals surface area contributed by atoms with Gasteiger partial charge in [-0.25, -0.2) is 9.67 Å². The zero-order valence-electron chi connectivity index (χ0n) is 19.4. The van der Waals surface area contributed by atoms with E-state index in [0.29, 0.717) is 12.4 Å². The number of rotatable bonds is 8. The summed E-state index contributed by atoms with van der Waals surface area (Å²) in [6.45, 7) is 1.48. The Morgan fingerprint density at radius 3 is 2.03 bits per heavy atom. The second-order valence-corrected chi connectivity index (χ2v) is 7.93. The zero-order chi connectivity index (χ0) is 22.5. The number of hydrogen-bond acceptors (Lipinski definition) is 5. The smallest absolute Gasteiger partial charge is 0.181 e. The van der Waals surface area contributed by atoms with Gasteiger partial charge in [0.05, 0.1) is 20.8 Å². The predicted molar refractivity (Wildman–Crippen MR) is 134 cm³/mol. The minimum absolute atomic E-state index is 0. The van der Waals surface area contributed by atoms with Crippen molar-refractivity contribution in [2.45, 2.75) is 13.1 Å². The Labute approximate surface area is 201 Å². The van der Waals surface area contributed by atoms with Crippen molar-refractivity contribution in [3.8, 4) is 34.3 Å². The van der Waals surface area contributed by atoms with Crippen molar-refractivity contribution < 1.29 is 9.47 Å². The van der Waals surface area contributed by atoms with Crippen LogP contribution < -0.4 is 9.47 Å². The van der Waals surface area contributed by atoms with Gasteiger partial charge in [-0.05, 0) is 67.7 Å². The maximum absolute atomic E-state index is 5.29. The fourth-order valence-corrected chi connectivity index (χ4v) is 3.61. The molecule has 0 saturated heterocycles. The summed E-state index contributed by atoms with van der Waals surface area (Å²) >= 11 is 0. The van der Waals surface area contributed by atoms with Crippen molar-refractivity contribution in [3.05, 3.63) is 83.9 Å². The van der Waals surface area contributed by atoms with E-state index in [0.717, 1.165) is 40.6 Å². The first kappa shape index (κ1) is 24.3. The van der Waals surface area contributed by atoms with Gasteiger partial charge in [-0.3, -0.25) is 0 Å². The first-order chi connectivity index (χ1) is 15.6. The third-order valence-electron chi connectivity index (χ3n) is 5.20. The minimum atomic E-state index is 0. The molecule has 0 bridgehead atoms. The van der Waals surface area contributed by atoms with Gasteiger partial charge in [-0.1, -0.05) is 30.3 Å². The second kappa shape index (κ2) is 11.0.